The maximum Gasteiger partial charge on any atom is 0.133 e. The van der Waals surface area contributed by atoms with Gasteiger partial charge in [0.25, 0.3) is 0 Å². The van der Waals surface area contributed by atoms with Crippen LogP contribution in [0.1, 0.15) is 31.2 Å². The molecule has 2 heteroatoms. The van der Waals surface area contributed by atoms with Crippen molar-refractivity contribution in [3.8, 4) is 0 Å². The van der Waals surface area contributed by atoms with Crippen molar-refractivity contribution < 1.29 is 4.79 Å². The number of halogens is 1. The van der Waals surface area contributed by atoms with E-state index in [9.17, 15) is 4.79 Å². The number of hydrogen-bond acceptors (Lipinski definition) is 1. The lowest BCUT2D eigenvalue weighted by molar-refractivity contribution is -0.119. The van der Waals surface area contributed by atoms with E-state index in [-0.39, 0.29) is 0 Å². The molecule has 0 spiro atoms. The molecule has 0 saturated carbocycles. The summed E-state index contributed by atoms with van der Waals surface area (Å²) in [6, 6.07) is 10.1. The van der Waals surface area contributed by atoms with Crippen LogP contribution in [0.25, 0.3) is 0 Å². The number of aryl methyl sites for hydroxylation is 1. The Balaban J connectivity index is 2.17. The minimum atomic E-state index is 0.351. The van der Waals surface area contributed by atoms with Crippen LogP contribution in [0.15, 0.2) is 30.3 Å². The summed E-state index contributed by atoms with van der Waals surface area (Å²) < 4.78 is 0. The summed E-state index contributed by atoms with van der Waals surface area (Å²) >= 11 is 5.55. The predicted molar refractivity (Wildman–Crippen MR) is 64.3 cm³/mol. The van der Waals surface area contributed by atoms with Gasteiger partial charge in [-0.2, -0.15) is 0 Å². The molecular formula is C13H17ClO. The summed E-state index contributed by atoms with van der Waals surface area (Å²) in [5, 5.41) is 0. The molecule has 0 saturated heterocycles. The van der Waals surface area contributed by atoms with Crippen LogP contribution in [0.5, 0.6) is 0 Å². The number of rotatable bonds is 7. The average Bonchev–Trinajstić information content (AvgIpc) is 2.28. The fourth-order valence-electron chi connectivity index (χ4n) is 1.47. The van der Waals surface area contributed by atoms with E-state index in [0.717, 1.165) is 19.3 Å². The first-order valence-electron chi connectivity index (χ1n) is 5.44. The lowest BCUT2D eigenvalue weighted by Crippen LogP contribution is -2.00. The Bertz CT molecular complexity index is 282. The number of alkyl halides is 1. The topological polar surface area (TPSA) is 17.1 Å². The molecule has 0 unspecified atom stereocenters. The van der Waals surface area contributed by atoms with Gasteiger partial charge in [0, 0.05) is 18.7 Å². The van der Waals surface area contributed by atoms with E-state index < -0.39 is 0 Å². The van der Waals surface area contributed by atoms with Crippen molar-refractivity contribution in [3.63, 3.8) is 0 Å². The normalized spacial score (nSPS) is 10.2. The van der Waals surface area contributed by atoms with Gasteiger partial charge >= 0.3 is 0 Å². The molecule has 0 aliphatic rings. The fraction of sp³-hybridized carbons (Fsp3) is 0.462. The first-order valence-corrected chi connectivity index (χ1v) is 5.98. The lowest BCUT2D eigenvalue weighted by Gasteiger charge is -2.00. The Morgan fingerprint density at radius 3 is 2.47 bits per heavy atom. The van der Waals surface area contributed by atoms with Crippen LogP contribution in [-0.2, 0) is 11.2 Å². The van der Waals surface area contributed by atoms with Gasteiger partial charge in [-0.1, -0.05) is 30.3 Å². The van der Waals surface area contributed by atoms with Crippen molar-refractivity contribution in [2.24, 2.45) is 0 Å². The number of carbonyl (C=O) groups excluding carboxylic acids is 1. The van der Waals surface area contributed by atoms with Crippen LogP contribution in [0, 0.1) is 0 Å². The van der Waals surface area contributed by atoms with Gasteiger partial charge < -0.3 is 0 Å². The van der Waals surface area contributed by atoms with Crippen LogP contribution in [-0.4, -0.2) is 11.7 Å². The molecule has 15 heavy (non-hydrogen) atoms. The van der Waals surface area contributed by atoms with Crippen LogP contribution in [0.3, 0.4) is 0 Å². The third kappa shape index (κ3) is 5.58. The van der Waals surface area contributed by atoms with Crippen molar-refractivity contribution in [3.05, 3.63) is 35.9 Å². The molecule has 1 nitrogen and oxygen atoms in total. The minimum Gasteiger partial charge on any atom is -0.300 e. The highest BCUT2D eigenvalue weighted by Crippen LogP contribution is 2.06. The molecule has 0 radical (unpaired) electrons. The van der Waals surface area contributed by atoms with E-state index in [1.165, 1.54) is 5.56 Å². The summed E-state index contributed by atoms with van der Waals surface area (Å²) in [6.07, 6.45) is 4.07. The van der Waals surface area contributed by atoms with E-state index in [4.69, 9.17) is 11.6 Å². The Hall–Kier alpha value is -0.820. The molecule has 0 aliphatic heterocycles. The fourth-order valence-corrected chi connectivity index (χ4v) is 1.66. The predicted octanol–water partition coefficient (Wildman–Crippen LogP) is 3.60. The third-order valence-corrected chi connectivity index (χ3v) is 2.64. The highest BCUT2D eigenvalue weighted by atomic mass is 35.5. The second kappa shape index (κ2) is 7.47. The monoisotopic (exact) mass is 224 g/mol. The Morgan fingerprint density at radius 2 is 1.80 bits per heavy atom. The Morgan fingerprint density at radius 1 is 1.07 bits per heavy atom. The molecule has 0 aliphatic carbocycles. The lowest BCUT2D eigenvalue weighted by atomic mass is 10.0. The standard InChI is InChI=1S/C13H17ClO/c14-11-5-4-8-13(15)10-9-12-6-2-1-3-7-12/h1-3,6-7H,4-5,8-11H2. The van der Waals surface area contributed by atoms with Gasteiger partial charge in [-0.25, -0.2) is 0 Å². The van der Waals surface area contributed by atoms with Crippen molar-refractivity contribution in [1.82, 2.24) is 0 Å². The third-order valence-electron chi connectivity index (χ3n) is 2.37. The zero-order chi connectivity index (χ0) is 10.9. The number of hydrogen-bond donors (Lipinski definition) is 0. The van der Waals surface area contributed by atoms with Crippen LogP contribution in [0.2, 0.25) is 0 Å². The molecule has 0 atom stereocenters. The average molecular weight is 225 g/mol. The number of ketones is 1. The summed E-state index contributed by atoms with van der Waals surface area (Å²) in [6.45, 7) is 0. The van der Waals surface area contributed by atoms with Gasteiger partial charge in [0.15, 0.2) is 0 Å². The van der Waals surface area contributed by atoms with Gasteiger partial charge in [0.05, 0.1) is 0 Å². The quantitative estimate of drug-likeness (QED) is 0.511. The highest BCUT2D eigenvalue weighted by Gasteiger charge is 2.01. The van der Waals surface area contributed by atoms with Crippen molar-refractivity contribution in [2.45, 2.75) is 32.1 Å². The second-order valence-corrected chi connectivity index (χ2v) is 4.05. The van der Waals surface area contributed by atoms with Gasteiger partial charge in [-0.05, 0) is 24.8 Å². The molecule has 1 aromatic carbocycles. The molecule has 0 aromatic heterocycles. The van der Waals surface area contributed by atoms with E-state index >= 15 is 0 Å². The number of unbranched alkanes of at least 4 members (excludes halogenated alkanes) is 1. The smallest absolute Gasteiger partial charge is 0.133 e. The molecule has 0 fully saturated rings. The molecule has 0 amide bonds. The Labute approximate surface area is 96.5 Å². The SMILES string of the molecule is O=C(CCCCCl)CCc1ccccc1. The number of Topliss-reactive ketones (excluding diaryl/α,β-unsaturated/α-hetero) is 1. The van der Waals surface area contributed by atoms with E-state index in [0.29, 0.717) is 24.5 Å². The molecular weight excluding hydrogens is 208 g/mol. The van der Waals surface area contributed by atoms with Crippen molar-refractivity contribution in [1.29, 1.82) is 0 Å². The minimum absolute atomic E-state index is 0.351. The van der Waals surface area contributed by atoms with E-state index in [1.807, 2.05) is 18.2 Å². The second-order valence-electron chi connectivity index (χ2n) is 3.67. The summed E-state index contributed by atoms with van der Waals surface area (Å²) in [5.74, 6) is 1.01. The summed E-state index contributed by atoms with van der Waals surface area (Å²) in [7, 11) is 0. The highest BCUT2D eigenvalue weighted by molar-refractivity contribution is 6.17. The van der Waals surface area contributed by atoms with Crippen molar-refractivity contribution in [2.75, 3.05) is 5.88 Å². The molecule has 1 aromatic rings. The van der Waals surface area contributed by atoms with E-state index in [2.05, 4.69) is 12.1 Å². The Kier molecular flexibility index (Phi) is 6.10. The van der Waals surface area contributed by atoms with E-state index in [1.54, 1.807) is 0 Å². The molecule has 1 rings (SSSR count). The molecule has 82 valence electrons. The first-order chi connectivity index (χ1) is 7.33. The van der Waals surface area contributed by atoms with Gasteiger partial charge in [0.2, 0.25) is 0 Å². The summed E-state index contributed by atoms with van der Waals surface area (Å²) in [4.78, 5) is 11.4. The number of benzene rings is 1. The van der Waals surface area contributed by atoms with Gasteiger partial charge in [-0.15, -0.1) is 11.6 Å². The van der Waals surface area contributed by atoms with Crippen LogP contribution >= 0.6 is 11.6 Å². The maximum absolute atomic E-state index is 11.4. The molecule has 0 bridgehead atoms. The summed E-state index contributed by atoms with van der Waals surface area (Å²) in [5.41, 5.74) is 1.24. The zero-order valence-electron chi connectivity index (χ0n) is 8.92. The van der Waals surface area contributed by atoms with Crippen LogP contribution in [0.4, 0.5) is 0 Å². The first kappa shape index (κ1) is 12.3. The van der Waals surface area contributed by atoms with Gasteiger partial charge in [-0.3, -0.25) is 4.79 Å². The van der Waals surface area contributed by atoms with Gasteiger partial charge in [0.1, 0.15) is 5.78 Å². The van der Waals surface area contributed by atoms with Crippen LogP contribution < -0.4 is 0 Å². The zero-order valence-corrected chi connectivity index (χ0v) is 9.67. The molecule has 0 heterocycles. The molecule has 0 N–H and O–H groups in total. The van der Waals surface area contributed by atoms with Crippen molar-refractivity contribution >= 4 is 17.4 Å². The maximum atomic E-state index is 11.4. The number of carbonyl (C=O) groups is 1. The largest absolute Gasteiger partial charge is 0.300 e.